The van der Waals surface area contributed by atoms with Gasteiger partial charge in [-0.25, -0.2) is 0 Å². The molecular formula is C15H31ClN2O. The molecule has 1 aliphatic rings. The van der Waals surface area contributed by atoms with E-state index in [1.807, 2.05) is 6.92 Å². The molecule has 1 amide bonds. The van der Waals surface area contributed by atoms with Crippen molar-refractivity contribution in [3.8, 4) is 0 Å². The topological polar surface area (TPSA) is 55.1 Å². The number of carbonyl (C=O) groups is 1. The van der Waals surface area contributed by atoms with E-state index in [-0.39, 0.29) is 30.3 Å². The zero-order chi connectivity index (χ0) is 13.7. The van der Waals surface area contributed by atoms with Gasteiger partial charge in [-0.3, -0.25) is 4.79 Å². The molecule has 1 fully saturated rings. The van der Waals surface area contributed by atoms with E-state index in [9.17, 15) is 4.79 Å². The van der Waals surface area contributed by atoms with Crippen LogP contribution in [-0.4, -0.2) is 18.0 Å². The zero-order valence-electron chi connectivity index (χ0n) is 12.8. The van der Waals surface area contributed by atoms with Crippen molar-refractivity contribution in [2.24, 2.45) is 23.5 Å². The Hall–Kier alpha value is -0.280. The second kappa shape index (κ2) is 8.80. The molecule has 0 aromatic carbocycles. The molecule has 0 heterocycles. The van der Waals surface area contributed by atoms with Crippen LogP contribution in [0.3, 0.4) is 0 Å². The summed E-state index contributed by atoms with van der Waals surface area (Å²) in [5, 5.41) is 3.13. The molecule has 0 aliphatic heterocycles. The lowest BCUT2D eigenvalue weighted by Gasteiger charge is -2.32. The van der Waals surface area contributed by atoms with Crippen molar-refractivity contribution in [2.75, 3.05) is 0 Å². The number of rotatable bonds is 5. The second-order valence-corrected chi connectivity index (χ2v) is 6.28. The molecule has 1 rings (SSSR count). The third kappa shape index (κ3) is 5.70. The van der Waals surface area contributed by atoms with E-state index in [1.165, 1.54) is 12.8 Å². The fraction of sp³-hybridized carbons (Fsp3) is 0.933. The maximum atomic E-state index is 12.0. The molecule has 4 heteroatoms. The third-order valence-electron chi connectivity index (χ3n) is 4.62. The minimum atomic E-state index is -0.349. The molecule has 1 saturated carbocycles. The van der Waals surface area contributed by atoms with E-state index >= 15 is 0 Å². The number of carbonyl (C=O) groups excluding carboxylic acids is 1. The first kappa shape index (κ1) is 18.7. The Morgan fingerprint density at radius 1 is 1.21 bits per heavy atom. The van der Waals surface area contributed by atoms with E-state index in [0.717, 1.165) is 31.1 Å². The molecule has 0 bridgehead atoms. The number of hydrogen-bond donors (Lipinski definition) is 2. The predicted octanol–water partition coefficient (Wildman–Crippen LogP) is 3.11. The lowest BCUT2D eigenvalue weighted by Crippen LogP contribution is -2.49. The average molecular weight is 291 g/mol. The van der Waals surface area contributed by atoms with Gasteiger partial charge in [0.05, 0.1) is 6.04 Å². The number of nitrogens with two attached hydrogens (primary N) is 1. The normalized spacial score (nSPS) is 26.4. The number of halogens is 1. The summed E-state index contributed by atoms with van der Waals surface area (Å²) in [6.45, 7) is 8.70. The minimum Gasteiger partial charge on any atom is -0.352 e. The number of nitrogens with one attached hydrogen (secondary N) is 1. The molecule has 0 radical (unpaired) electrons. The van der Waals surface area contributed by atoms with E-state index in [2.05, 4.69) is 26.1 Å². The largest absolute Gasteiger partial charge is 0.352 e. The van der Waals surface area contributed by atoms with Gasteiger partial charge in [0, 0.05) is 6.04 Å². The van der Waals surface area contributed by atoms with Crippen LogP contribution in [-0.2, 0) is 4.79 Å². The van der Waals surface area contributed by atoms with Crippen molar-refractivity contribution in [2.45, 2.75) is 71.9 Å². The standard InChI is InChI=1S/C15H30N2O.ClH/c1-5-11(4)14(16)15(18)17-13-8-6-12(7-9-13)10(2)3;/h10-14H,5-9,16H2,1-4H3,(H,17,18);1H. The van der Waals surface area contributed by atoms with Crippen LogP contribution in [0.4, 0.5) is 0 Å². The van der Waals surface area contributed by atoms with E-state index < -0.39 is 0 Å². The second-order valence-electron chi connectivity index (χ2n) is 6.28. The number of amides is 1. The average Bonchev–Trinajstić information content (AvgIpc) is 2.37. The smallest absolute Gasteiger partial charge is 0.237 e. The van der Waals surface area contributed by atoms with Gasteiger partial charge in [0.2, 0.25) is 5.91 Å². The summed E-state index contributed by atoms with van der Waals surface area (Å²) in [5.74, 6) is 1.90. The fourth-order valence-electron chi connectivity index (χ4n) is 2.74. The first-order chi connectivity index (χ1) is 8.45. The van der Waals surface area contributed by atoms with Gasteiger partial charge in [-0.05, 0) is 43.4 Å². The van der Waals surface area contributed by atoms with Gasteiger partial charge in [-0.2, -0.15) is 0 Å². The lowest BCUT2D eigenvalue weighted by atomic mass is 9.79. The molecule has 3 N–H and O–H groups in total. The first-order valence-electron chi connectivity index (χ1n) is 7.51. The molecule has 0 aromatic heterocycles. The Morgan fingerprint density at radius 3 is 2.16 bits per heavy atom. The molecular weight excluding hydrogens is 260 g/mol. The molecule has 0 saturated heterocycles. The summed E-state index contributed by atoms with van der Waals surface area (Å²) in [6.07, 6.45) is 5.65. The van der Waals surface area contributed by atoms with Crippen LogP contribution in [0.25, 0.3) is 0 Å². The number of hydrogen-bond acceptors (Lipinski definition) is 2. The minimum absolute atomic E-state index is 0. The Bertz CT molecular complexity index is 263. The van der Waals surface area contributed by atoms with Crippen LogP contribution in [0.5, 0.6) is 0 Å². The van der Waals surface area contributed by atoms with Gasteiger partial charge in [-0.1, -0.05) is 34.1 Å². The molecule has 114 valence electrons. The van der Waals surface area contributed by atoms with Crippen molar-refractivity contribution in [1.29, 1.82) is 0 Å². The highest BCUT2D eigenvalue weighted by Crippen LogP contribution is 2.29. The van der Waals surface area contributed by atoms with Gasteiger partial charge in [0.15, 0.2) is 0 Å². The van der Waals surface area contributed by atoms with Gasteiger partial charge < -0.3 is 11.1 Å². The highest BCUT2D eigenvalue weighted by atomic mass is 35.5. The quantitative estimate of drug-likeness (QED) is 0.817. The summed E-state index contributed by atoms with van der Waals surface area (Å²) in [5.41, 5.74) is 5.95. The van der Waals surface area contributed by atoms with E-state index in [4.69, 9.17) is 5.73 Å². The molecule has 2 unspecified atom stereocenters. The van der Waals surface area contributed by atoms with Gasteiger partial charge in [0.1, 0.15) is 0 Å². The van der Waals surface area contributed by atoms with Crippen LogP contribution in [0.15, 0.2) is 0 Å². The lowest BCUT2D eigenvalue weighted by molar-refractivity contribution is -0.124. The Morgan fingerprint density at radius 2 is 1.74 bits per heavy atom. The van der Waals surface area contributed by atoms with E-state index in [0.29, 0.717) is 6.04 Å². The van der Waals surface area contributed by atoms with E-state index in [1.54, 1.807) is 0 Å². The molecule has 19 heavy (non-hydrogen) atoms. The first-order valence-corrected chi connectivity index (χ1v) is 7.51. The van der Waals surface area contributed by atoms with Gasteiger partial charge >= 0.3 is 0 Å². The molecule has 0 aromatic rings. The summed E-state index contributed by atoms with van der Waals surface area (Å²) < 4.78 is 0. The monoisotopic (exact) mass is 290 g/mol. The molecule has 3 nitrogen and oxygen atoms in total. The zero-order valence-corrected chi connectivity index (χ0v) is 13.6. The van der Waals surface area contributed by atoms with Crippen molar-refractivity contribution in [3.05, 3.63) is 0 Å². The Balaban J connectivity index is 0.00000324. The summed E-state index contributed by atoms with van der Waals surface area (Å²) in [4.78, 5) is 12.0. The highest BCUT2D eigenvalue weighted by molar-refractivity contribution is 5.85. The predicted molar refractivity (Wildman–Crippen MR) is 83.4 cm³/mol. The summed E-state index contributed by atoms with van der Waals surface area (Å²) in [6, 6.07) is 0.000397. The van der Waals surface area contributed by atoms with Crippen molar-refractivity contribution < 1.29 is 4.79 Å². The maximum absolute atomic E-state index is 12.0. The molecule has 1 aliphatic carbocycles. The SMILES string of the molecule is CCC(C)C(N)C(=O)NC1CCC(C(C)C)CC1.Cl. The van der Waals surface area contributed by atoms with Crippen molar-refractivity contribution in [3.63, 3.8) is 0 Å². The molecule has 2 atom stereocenters. The van der Waals surface area contributed by atoms with Crippen LogP contribution >= 0.6 is 12.4 Å². The van der Waals surface area contributed by atoms with Crippen LogP contribution in [0.1, 0.15) is 59.8 Å². The maximum Gasteiger partial charge on any atom is 0.237 e. The summed E-state index contributed by atoms with van der Waals surface area (Å²) >= 11 is 0. The van der Waals surface area contributed by atoms with Crippen LogP contribution in [0.2, 0.25) is 0 Å². The van der Waals surface area contributed by atoms with Gasteiger partial charge in [0.25, 0.3) is 0 Å². The summed E-state index contributed by atoms with van der Waals surface area (Å²) in [7, 11) is 0. The van der Waals surface area contributed by atoms with Crippen molar-refractivity contribution in [1.82, 2.24) is 5.32 Å². The fourth-order valence-corrected chi connectivity index (χ4v) is 2.74. The van der Waals surface area contributed by atoms with Crippen molar-refractivity contribution >= 4 is 18.3 Å². The molecule has 0 spiro atoms. The highest BCUT2D eigenvalue weighted by Gasteiger charge is 2.26. The van der Waals surface area contributed by atoms with Gasteiger partial charge in [-0.15, -0.1) is 12.4 Å². The van der Waals surface area contributed by atoms with Crippen LogP contribution in [0, 0.1) is 17.8 Å². The van der Waals surface area contributed by atoms with Crippen LogP contribution < -0.4 is 11.1 Å². The third-order valence-corrected chi connectivity index (χ3v) is 4.62. The Labute approximate surface area is 124 Å². The Kier molecular flexibility index (Phi) is 8.67.